The Balaban J connectivity index is 2.58. The van der Waals surface area contributed by atoms with Crippen LogP contribution in [0.2, 0.25) is 0 Å². The molecule has 116 valence electrons. The first-order valence-corrected chi connectivity index (χ1v) is 7.76. The number of aromatic hydroxyl groups is 1. The van der Waals surface area contributed by atoms with Gasteiger partial charge in [0.25, 0.3) is 0 Å². The standard InChI is InChI=1S/C18H26O3/c1-12-10-14(17(2,3)4)15(19)11-13(12)18(16(20)21)8-6-5-7-9-18/h10-11,19H,5-9H2,1-4H3,(H,20,21). The Bertz CT molecular complexity index is 546. The molecule has 0 spiro atoms. The molecule has 21 heavy (non-hydrogen) atoms. The third-order valence-electron chi connectivity index (χ3n) is 4.78. The van der Waals surface area contributed by atoms with Crippen molar-refractivity contribution in [1.82, 2.24) is 0 Å². The molecule has 0 amide bonds. The molecule has 0 aromatic heterocycles. The second kappa shape index (κ2) is 5.36. The summed E-state index contributed by atoms with van der Waals surface area (Å²) in [6, 6.07) is 3.67. The zero-order chi connectivity index (χ0) is 15.8. The van der Waals surface area contributed by atoms with Gasteiger partial charge in [-0.15, -0.1) is 0 Å². The Morgan fingerprint density at radius 2 is 1.71 bits per heavy atom. The van der Waals surface area contributed by atoms with Crippen LogP contribution in [0.15, 0.2) is 12.1 Å². The number of carboxylic acids is 1. The van der Waals surface area contributed by atoms with Gasteiger partial charge in [0.2, 0.25) is 0 Å². The number of aryl methyl sites for hydroxylation is 1. The molecular formula is C18H26O3. The highest BCUT2D eigenvalue weighted by atomic mass is 16.4. The zero-order valence-corrected chi connectivity index (χ0v) is 13.5. The van der Waals surface area contributed by atoms with Crippen molar-refractivity contribution in [2.45, 2.75) is 70.6 Å². The van der Waals surface area contributed by atoms with E-state index in [1.807, 2.05) is 13.0 Å². The largest absolute Gasteiger partial charge is 0.508 e. The predicted molar refractivity (Wildman–Crippen MR) is 83.9 cm³/mol. The predicted octanol–water partition coefficient (Wildman–Crippen LogP) is 4.28. The van der Waals surface area contributed by atoms with Gasteiger partial charge in [-0.1, -0.05) is 46.1 Å². The second-order valence-electron chi connectivity index (χ2n) is 7.38. The van der Waals surface area contributed by atoms with Gasteiger partial charge in [0.15, 0.2) is 0 Å². The summed E-state index contributed by atoms with van der Waals surface area (Å²) in [6.45, 7) is 8.11. The fraction of sp³-hybridized carbons (Fsp3) is 0.611. The maximum Gasteiger partial charge on any atom is 0.314 e. The summed E-state index contributed by atoms with van der Waals surface area (Å²) in [4.78, 5) is 11.9. The van der Waals surface area contributed by atoms with Crippen molar-refractivity contribution in [2.24, 2.45) is 0 Å². The molecule has 0 saturated heterocycles. The van der Waals surface area contributed by atoms with Gasteiger partial charge < -0.3 is 10.2 Å². The summed E-state index contributed by atoms with van der Waals surface area (Å²) in [6.07, 6.45) is 4.30. The Morgan fingerprint density at radius 1 is 1.14 bits per heavy atom. The molecule has 0 unspecified atom stereocenters. The van der Waals surface area contributed by atoms with Crippen molar-refractivity contribution < 1.29 is 15.0 Å². The van der Waals surface area contributed by atoms with Gasteiger partial charge in [0.05, 0.1) is 5.41 Å². The number of aliphatic carboxylic acids is 1. The molecule has 1 aliphatic rings. The molecule has 1 fully saturated rings. The van der Waals surface area contributed by atoms with Gasteiger partial charge in [0.1, 0.15) is 5.75 Å². The third-order valence-corrected chi connectivity index (χ3v) is 4.78. The minimum Gasteiger partial charge on any atom is -0.508 e. The van der Waals surface area contributed by atoms with Crippen molar-refractivity contribution in [1.29, 1.82) is 0 Å². The first-order valence-electron chi connectivity index (χ1n) is 7.76. The van der Waals surface area contributed by atoms with Gasteiger partial charge >= 0.3 is 5.97 Å². The van der Waals surface area contributed by atoms with E-state index in [-0.39, 0.29) is 11.2 Å². The van der Waals surface area contributed by atoms with Gasteiger partial charge in [-0.2, -0.15) is 0 Å². The van der Waals surface area contributed by atoms with E-state index in [4.69, 9.17) is 0 Å². The van der Waals surface area contributed by atoms with Crippen molar-refractivity contribution in [3.05, 3.63) is 28.8 Å². The van der Waals surface area contributed by atoms with Crippen molar-refractivity contribution in [3.63, 3.8) is 0 Å². The van der Waals surface area contributed by atoms with Crippen LogP contribution >= 0.6 is 0 Å². The number of carbonyl (C=O) groups is 1. The Hall–Kier alpha value is -1.51. The molecule has 0 bridgehead atoms. The third kappa shape index (κ3) is 2.78. The molecule has 2 rings (SSSR count). The van der Waals surface area contributed by atoms with Crippen LogP contribution in [-0.4, -0.2) is 16.2 Å². The van der Waals surface area contributed by atoms with Gasteiger partial charge in [-0.25, -0.2) is 0 Å². The first kappa shape index (κ1) is 15.9. The van der Waals surface area contributed by atoms with Crippen LogP contribution < -0.4 is 0 Å². The van der Waals surface area contributed by atoms with Gasteiger partial charge in [0, 0.05) is 0 Å². The molecular weight excluding hydrogens is 264 g/mol. The number of phenolic OH excluding ortho intramolecular Hbond substituents is 1. The highest BCUT2D eigenvalue weighted by Crippen LogP contribution is 2.44. The second-order valence-corrected chi connectivity index (χ2v) is 7.38. The van der Waals surface area contributed by atoms with Crippen LogP contribution in [0.3, 0.4) is 0 Å². The molecule has 0 atom stereocenters. The van der Waals surface area contributed by atoms with E-state index in [0.29, 0.717) is 12.8 Å². The quantitative estimate of drug-likeness (QED) is 0.854. The van der Waals surface area contributed by atoms with E-state index in [1.54, 1.807) is 6.07 Å². The molecule has 0 radical (unpaired) electrons. The first-order chi connectivity index (χ1) is 9.68. The van der Waals surface area contributed by atoms with Crippen LogP contribution in [-0.2, 0) is 15.6 Å². The average molecular weight is 290 g/mol. The van der Waals surface area contributed by atoms with Crippen molar-refractivity contribution in [3.8, 4) is 5.75 Å². The molecule has 2 N–H and O–H groups in total. The van der Waals surface area contributed by atoms with Crippen LogP contribution in [0, 0.1) is 6.92 Å². The van der Waals surface area contributed by atoms with E-state index in [1.165, 1.54) is 0 Å². The van der Waals surface area contributed by atoms with Crippen LogP contribution in [0.4, 0.5) is 0 Å². The lowest BCUT2D eigenvalue weighted by atomic mass is 9.67. The van der Waals surface area contributed by atoms with Gasteiger partial charge in [-0.05, 0) is 47.9 Å². The highest BCUT2D eigenvalue weighted by Gasteiger charge is 2.42. The normalized spacial score (nSPS) is 18.5. The summed E-state index contributed by atoms with van der Waals surface area (Å²) in [7, 11) is 0. The van der Waals surface area contributed by atoms with E-state index >= 15 is 0 Å². The fourth-order valence-electron chi connectivity index (χ4n) is 3.57. The Labute approximate surface area is 127 Å². The minimum absolute atomic E-state index is 0.156. The summed E-state index contributed by atoms with van der Waals surface area (Å²) in [5.41, 5.74) is 1.66. The number of phenols is 1. The highest BCUT2D eigenvalue weighted by molar-refractivity contribution is 5.82. The van der Waals surface area contributed by atoms with E-state index in [0.717, 1.165) is 36.0 Å². The molecule has 3 heteroatoms. The van der Waals surface area contributed by atoms with E-state index < -0.39 is 11.4 Å². The minimum atomic E-state index is -0.823. The lowest BCUT2D eigenvalue weighted by Gasteiger charge is -2.35. The van der Waals surface area contributed by atoms with Crippen LogP contribution in [0.5, 0.6) is 5.75 Å². The molecule has 1 aliphatic carbocycles. The lowest BCUT2D eigenvalue weighted by molar-refractivity contribution is -0.145. The summed E-state index contributed by atoms with van der Waals surface area (Å²) < 4.78 is 0. The molecule has 1 aromatic rings. The molecule has 3 nitrogen and oxygen atoms in total. The Morgan fingerprint density at radius 3 is 2.19 bits per heavy atom. The summed E-state index contributed by atoms with van der Waals surface area (Å²) in [5, 5.41) is 20.2. The van der Waals surface area contributed by atoms with Crippen LogP contribution in [0.1, 0.15) is 69.6 Å². The topological polar surface area (TPSA) is 57.5 Å². The monoisotopic (exact) mass is 290 g/mol. The maximum absolute atomic E-state index is 11.9. The number of hydrogen-bond donors (Lipinski definition) is 2. The average Bonchev–Trinajstić information content (AvgIpc) is 2.40. The van der Waals surface area contributed by atoms with Crippen molar-refractivity contribution in [2.75, 3.05) is 0 Å². The van der Waals surface area contributed by atoms with Gasteiger partial charge in [-0.3, -0.25) is 4.79 Å². The van der Waals surface area contributed by atoms with Crippen LogP contribution in [0.25, 0.3) is 0 Å². The maximum atomic E-state index is 11.9. The summed E-state index contributed by atoms with van der Waals surface area (Å²) in [5.74, 6) is -0.539. The summed E-state index contributed by atoms with van der Waals surface area (Å²) >= 11 is 0. The number of hydrogen-bond acceptors (Lipinski definition) is 2. The van der Waals surface area contributed by atoms with E-state index in [2.05, 4.69) is 20.8 Å². The Kier molecular flexibility index (Phi) is 4.05. The number of rotatable bonds is 2. The van der Waals surface area contributed by atoms with Crippen molar-refractivity contribution >= 4 is 5.97 Å². The smallest absolute Gasteiger partial charge is 0.314 e. The molecule has 0 heterocycles. The zero-order valence-electron chi connectivity index (χ0n) is 13.5. The molecule has 1 aromatic carbocycles. The molecule has 1 saturated carbocycles. The number of carboxylic acid groups (broad SMARTS) is 1. The fourth-order valence-corrected chi connectivity index (χ4v) is 3.57. The lowest BCUT2D eigenvalue weighted by Crippen LogP contribution is -2.38. The van der Waals surface area contributed by atoms with E-state index in [9.17, 15) is 15.0 Å². The SMILES string of the molecule is Cc1cc(C(C)(C)C)c(O)cc1C1(C(=O)O)CCCCC1. The molecule has 0 aliphatic heterocycles. The number of benzene rings is 1.